The molecule has 2 aromatic heterocycles. The van der Waals surface area contributed by atoms with Gasteiger partial charge in [0.2, 0.25) is 5.95 Å². The average Bonchev–Trinajstić information content (AvgIpc) is 3.38. The van der Waals surface area contributed by atoms with Crippen LogP contribution in [0, 0.1) is 0 Å². The third kappa shape index (κ3) is 6.75. The van der Waals surface area contributed by atoms with Crippen LogP contribution >= 0.6 is 0 Å². The van der Waals surface area contributed by atoms with Gasteiger partial charge in [-0.25, -0.2) is 9.97 Å². The Kier molecular flexibility index (Phi) is 7.69. The van der Waals surface area contributed by atoms with E-state index in [1.54, 1.807) is 11.0 Å². The zero-order valence-electron chi connectivity index (χ0n) is 20.6. The molecule has 0 aliphatic carbocycles. The number of fused-ring (bicyclic) bond motifs is 1. The highest BCUT2D eigenvalue weighted by Crippen LogP contribution is 2.23. The molecule has 1 saturated heterocycles. The number of halogens is 3. The van der Waals surface area contributed by atoms with Crippen LogP contribution in [0.1, 0.15) is 27.3 Å². The predicted octanol–water partition coefficient (Wildman–Crippen LogP) is 1.92. The lowest BCUT2D eigenvalue weighted by atomic mass is 10.1. The summed E-state index contributed by atoms with van der Waals surface area (Å²) in [6, 6.07) is 5.65. The number of hydrogen-bond acceptors (Lipinski definition) is 9. The fourth-order valence-corrected chi connectivity index (χ4v) is 4.55. The van der Waals surface area contributed by atoms with E-state index < -0.39 is 6.36 Å². The van der Waals surface area contributed by atoms with Crippen molar-refractivity contribution >= 4 is 11.9 Å². The van der Waals surface area contributed by atoms with Crippen molar-refractivity contribution in [3.63, 3.8) is 0 Å². The molecule has 14 heteroatoms. The highest BCUT2D eigenvalue weighted by atomic mass is 19.4. The van der Waals surface area contributed by atoms with E-state index in [0.29, 0.717) is 24.2 Å². The minimum Gasteiger partial charge on any atom is -0.406 e. The summed E-state index contributed by atoms with van der Waals surface area (Å²) in [5.74, 6) is -0.151. The maximum absolute atomic E-state index is 12.9. The monoisotopic (exact) mass is 531 g/mol. The molecule has 0 atom stereocenters. The average molecular weight is 532 g/mol. The van der Waals surface area contributed by atoms with Gasteiger partial charge < -0.3 is 15.0 Å². The van der Waals surface area contributed by atoms with Gasteiger partial charge in [0.15, 0.2) is 0 Å². The van der Waals surface area contributed by atoms with E-state index in [1.807, 2.05) is 0 Å². The lowest BCUT2D eigenvalue weighted by Gasteiger charge is -2.36. The van der Waals surface area contributed by atoms with Crippen molar-refractivity contribution in [2.75, 3.05) is 51.1 Å². The highest BCUT2D eigenvalue weighted by molar-refractivity contribution is 5.93. The molecule has 5 rings (SSSR count). The van der Waals surface area contributed by atoms with Gasteiger partial charge in [0.1, 0.15) is 5.75 Å². The largest absolute Gasteiger partial charge is 0.573 e. The number of hydrogen-bond donors (Lipinski definition) is 2. The molecule has 3 aromatic rings. The van der Waals surface area contributed by atoms with Crippen molar-refractivity contribution in [1.82, 2.24) is 40.1 Å². The maximum atomic E-state index is 12.9. The maximum Gasteiger partial charge on any atom is 0.573 e. The van der Waals surface area contributed by atoms with Crippen LogP contribution in [-0.4, -0.2) is 98.2 Å². The number of nitrogens with zero attached hydrogens (tertiary/aromatic N) is 7. The number of aromatic amines is 1. The number of H-pyrrole nitrogens is 1. The Morgan fingerprint density at radius 3 is 2.50 bits per heavy atom. The van der Waals surface area contributed by atoms with Gasteiger partial charge in [0, 0.05) is 77.7 Å². The Morgan fingerprint density at radius 2 is 1.74 bits per heavy atom. The van der Waals surface area contributed by atoms with Crippen molar-refractivity contribution in [3.05, 3.63) is 59.2 Å². The van der Waals surface area contributed by atoms with Crippen LogP contribution in [0.2, 0.25) is 0 Å². The zero-order chi connectivity index (χ0) is 26.5. The topological polar surface area (TPSA) is 115 Å². The second-order valence-corrected chi connectivity index (χ2v) is 9.22. The summed E-state index contributed by atoms with van der Waals surface area (Å²) >= 11 is 0. The Labute approximate surface area is 217 Å². The SMILES string of the molecule is O=C(c1cnc(NCc2cccc(OC(F)(F)F)c2)nc1)N1CCN(CCN2CCc3n[nH]nc3C2)CC1. The molecule has 1 aromatic carbocycles. The first-order valence-corrected chi connectivity index (χ1v) is 12.4. The van der Waals surface area contributed by atoms with Crippen LogP contribution < -0.4 is 10.1 Å². The molecule has 1 fully saturated rings. The van der Waals surface area contributed by atoms with Crippen LogP contribution in [0.3, 0.4) is 0 Å². The molecule has 2 aliphatic rings. The van der Waals surface area contributed by atoms with Crippen molar-refractivity contribution in [2.45, 2.75) is 25.9 Å². The van der Waals surface area contributed by atoms with E-state index in [2.05, 4.69) is 45.2 Å². The van der Waals surface area contributed by atoms with Crippen LogP contribution in [-0.2, 0) is 19.5 Å². The molecule has 2 aliphatic heterocycles. The molecule has 38 heavy (non-hydrogen) atoms. The van der Waals surface area contributed by atoms with Crippen LogP contribution in [0.5, 0.6) is 5.75 Å². The van der Waals surface area contributed by atoms with Gasteiger partial charge in [0.05, 0.1) is 17.0 Å². The Balaban J connectivity index is 1.05. The molecule has 0 bridgehead atoms. The summed E-state index contributed by atoms with van der Waals surface area (Å²) < 4.78 is 41.2. The van der Waals surface area contributed by atoms with E-state index in [9.17, 15) is 18.0 Å². The van der Waals surface area contributed by atoms with E-state index in [1.165, 1.54) is 30.6 Å². The number of carbonyl (C=O) groups is 1. The number of piperazine rings is 1. The van der Waals surface area contributed by atoms with Gasteiger partial charge in [-0.05, 0) is 17.7 Å². The Bertz CT molecular complexity index is 1230. The van der Waals surface area contributed by atoms with Crippen molar-refractivity contribution in [2.24, 2.45) is 0 Å². The molecular weight excluding hydrogens is 503 g/mol. The third-order valence-electron chi connectivity index (χ3n) is 6.61. The van der Waals surface area contributed by atoms with Gasteiger partial charge in [-0.15, -0.1) is 13.2 Å². The van der Waals surface area contributed by atoms with E-state index >= 15 is 0 Å². The summed E-state index contributed by atoms with van der Waals surface area (Å²) in [4.78, 5) is 27.8. The molecular formula is C24H28F3N9O2. The summed E-state index contributed by atoms with van der Waals surface area (Å²) in [6.07, 6.45) is -0.917. The standard InChI is InChI=1S/C24H28F3N9O2/c25-24(26,27)38-19-3-1-2-17(12-19)13-28-23-29-14-18(15-30-23)22(37)36-10-8-34(9-11-36)6-7-35-5-4-20-21(16-35)32-33-31-20/h1-3,12,14-15H,4-11,13,16H2,(H,28,29,30)(H,31,32,33). The molecule has 1 amide bonds. The molecule has 0 saturated carbocycles. The van der Waals surface area contributed by atoms with E-state index in [-0.39, 0.29) is 24.1 Å². The fraction of sp³-hybridized carbons (Fsp3) is 0.458. The van der Waals surface area contributed by atoms with Crippen molar-refractivity contribution < 1.29 is 22.7 Å². The van der Waals surface area contributed by atoms with Gasteiger partial charge in [-0.1, -0.05) is 12.1 Å². The second-order valence-electron chi connectivity index (χ2n) is 9.22. The van der Waals surface area contributed by atoms with Gasteiger partial charge >= 0.3 is 6.36 Å². The summed E-state index contributed by atoms with van der Waals surface area (Å²) in [6.45, 7) is 6.72. The van der Waals surface area contributed by atoms with Crippen LogP contribution in [0.4, 0.5) is 19.1 Å². The molecule has 11 nitrogen and oxygen atoms in total. The number of benzene rings is 1. The first kappa shape index (κ1) is 25.9. The van der Waals surface area contributed by atoms with Crippen LogP contribution in [0.25, 0.3) is 0 Å². The molecule has 0 radical (unpaired) electrons. The number of ether oxygens (including phenoxy) is 1. The normalized spacial score (nSPS) is 16.8. The lowest BCUT2D eigenvalue weighted by molar-refractivity contribution is -0.274. The Morgan fingerprint density at radius 1 is 1.00 bits per heavy atom. The minimum atomic E-state index is -4.75. The number of amides is 1. The zero-order valence-corrected chi connectivity index (χ0v) is 20.6. The van der Waals surface area contributed by atoms with Gasteiger partial charge in [0.25, 0.3) is 5.91 Å². The van der Waals surface area contributed by atoms with Crippen molar-refractivity contribution in [3.8, 4) is 5.75 Å². The molecule has 0 spiro atoms. The number of nitrogens with one attached hydrogen (secondary N) is 2. The fourth-order valence-electron chi connectivity index (χ4n) is 4.55. The number of alkyl halides is 3. The highest BCUT2D eigenvalue weighted by Gasteiger charge is 2.31. The van der Waals surface area contributed by atoms with Gasteiger partial charge in [-0.2, -0.15) is 15.4 Å². The number of anilines is 1. The van der Waals surface area contributed by atoms with Crippen molar-refractivity contribution in [1.29, 1.82) is 0 Å². The van der Waals surface area contributed by atoms with E-state index in [4.69, 9.17) is 0 Å². The number of aromatic nitrogens is 5. The quantitative estimate of drug-likeness (QED) is 0.450. The molecule has 0 unspecified atom stereocenters. The van der Waals surface area contributed by atoms with Crippen LogP contribution in [0.15, 0.2) is 36.7 Å². The Hall–Kier alpha value is -3.78. The van der Waals surface area contributed by atoms with E-state index in [0.717, 1.165) is 57.1 Å². The molecule has 2 N–H and O–H groups in total. The minimum absolute atomic E-state index is 0.122. The number of rotatable bonds is 8. The third-order valence-corrected chi connectivity index (χ3v) is 6.61. The predicted molar refractivity (Wildman–Crippen MR) is 130 cm³/mol. The summed E-state index contributed by atoms with van der Waals surface area (Å²) in [5.41, 5.74) is 3.05. The summed E-state index contributed by atoms with van der Waals surface area (Å²) in [5, 5.41) is 14.0. The second kappa shape index (κ2) is 11.3. The molecule has 4 heterocycles. The summed E-state index contributed by atoms with van der Waals surface area (Å²) in [7, 11) is 0. The molecule has 202 valence electrons. The smallest absolute Gasteiger partial charge is 0.406 e. The first-order valence-electron chi connectivity index (χ1n) is 12.4. The number of carbonyl (C=O) groups excluding carboxylic acids is 1. The first-order chi connectivity index (χ1) is 18.3. The lowest BCUT2D eigenvalue weighted by Crippen LogP contribution is -2.50. The van der Waals surface area contributed by atoms with Gasteiger partial charge in [-0.3, -0.25) is 14.6 Å².